The summed E-state index contributed by atoms with van der Waals surface area (Å²) in [5.74, 6) is 0.192. The van der Waals surface area contributed by atoms with E-state index in [0.29, 0.717) is 24.3 Å². The maximum atomic E-state index is 12.4. The summed E-state index contributed by atoms with van der Waals surface area (Å²) in [4.78, 5) is 24.7. The maximum absolute atomic E-state index is 12.4. The molecule has 4 nitrogen and oxygen atoms in total. The summed E-state index contributed by atoms with van der Waals surface area (Å²) in [5.41, 5.74) is 1.76. The van der Waals surface area contributed by atoms with Gasteiger partial charge in [-0.2, -0.15) is 0 Å². The Morgan fingerprint density at radius 1 is 0.793 bits per heavy atom. The number of benzene rings is 1. The van der Waals surface area contributed by atoms with Gasteiger partial charge in [0.25, 0.3) is 0 Å². The van der Waals surface area contributed by atoms with Crippen LogP contribution < -0.4 is 9.47 Å². The van der Waals surface area contributed by atoms with Gasteiger partial charge in [-0.3, -0.25) is 9.59 Å². The van der Waals surface area contributed by atoms with Crippen LogP contribution in [-0.4, -0.2) is 11.9 Å². The normalized spacial score (nSPS) is 11.4. The van der Waals surface area contributed by atoms with Crippen molar-refractivity contribution in [2.45, 2.75) is 111 Å². The molecule has 0 aromatic heterocycles. The average molecular weight is 405 g/mol. The van der Waals surface area contributed by atoms with Crippen molar-refractivity contribution in [3.63, 3.8) is 0 Å². The third-order valence-electron chi connectivity index (χ3n) is 5.02. The highest BCUT2D eigenvalue weighted by atomic mass is 16.6. The summed E-state index contributed by atoms with van der Waals surface area (Å²) in [7, 11) is 0. The summed E-state index contributed by atoms with van der Waals surface area (Å²) in [6, 6.07) is 3.86. The van der Waals surface area contributed by atoms with Crippen LogP contribution in [0.1, 0.15) is 110 Å². The second-order valence-electron chi connectivity index (χ2n) is 8.94. The molecule has 29 heavy (non-hydrogen) atoms. The minimum absolute atomic E-state index is 0.101. The van der Waals surface area contributed by atoms with E-state index in [4.69, 9.17) is 9.47 Å². The second kappa shape index (κ2) is 12.7. The van der Waals surface area contributed by atoms with Gasteiger partial charge < -0.3 is 9.47 Å². The Balaban J connectivity index is 2.95. The van der Waals surface area contributed by atoms with Gasteiger partial charge in [0, 0.05) is 12.8 Å². The molecule has 1 rings (SSSR count). The lowest BCUT2D eigenvalue weighted by Gasteiger charge is -2.22. The molecule has 0 heterocycles. The molecule has 0 saturated carbocycles. The number of esters is 2. The van der Waals surface area contributed by atoms with E-state index in [9.17, 15) is 9.59 Å². The predicted molar refractivity (Wildman–Crippen MR) is 119 cm³/mol. The quantitative estimate of drug-likeness (QED) is 0.213. The van der Waals surface area contributed by atoms with Gasteiger partial charge in [0.05, 0.1) is 0 Å². The zero-order valence-electron chi connectivity index (χ0n) is 19.4. The molecule has 0 N–H and O–H groups in total. The molecular formula is C25H40O4. The van der Waals surface area contributed by atoms with Gasteiger partial charge in [0.1, 0.15) is 0 Å². The Kier molecular flexibility index (Phi) is 11.0. The van der Waals surface area contributed by atoms with Crippen molar-refractivity contribution in [2.75, 3.05) is 0 Å². The Hall–Kier alpha value is -1.84. The van der Waals surface area contributed by atoms with Crippen molar-refractivity contribution >= 4 is 11.9 Å². The number of unbranched alkanes of at least 4 members (excludes halogenated alkanes) is 6. The number of hydrogen-bond donors (Lipinski definition) is 0. The zero-order chi connectivity index (χ0) is 21.9. The van der Waals surface area contributed by atoms with Gasteiger partial charge in [0.15, 0.2) is 11.5 Å². The van der Waals surface area contributed by atoms with Gasteiger partial charge in [0.2, 0.25) is 0 Å². The van der Waals surface area contributed by atoms with E-state index >= 15 is 0 Å². The van der Waals surface area contributed by atoms with Crippen LogP contribution in [0.5, 0.6) is 11.5 Å². The Morgan fingerprint density at radius 3 is 1.79 bits per heavy atom. The third-order valence-corrected chi connectivity index (χ3v) is 5.02. The molecule has 0 atom stereocenters. The van der Waals surface area contributed by atoms with E-state index in [-0.39, 0.29) is 17.4 Å². The summed E-state index contributed by atoms with van der Waals surface area (Å²) in [5, 5.41) is 0. The van der Waals surface area contributed by atoms with E-state index in [2.05, 4.69) is 34.6 Å². The van der Waals surface area contributed by atoms with Crippen LogP contribution in [0.4, 0.5) is 0 Å². The molecular weight excluding hydrogens is 364 g/mol. The molecule has 0 saturated heterocycles. The first-order valence-corrected chi connectivity index (χ1v) is 11.3. The van der Waals surface area contributed by atoms with Crippen LogP contribution in [0.2, 0.25) is 0 Å². The minimum atomic E-state index is -0.271. The van der Waals surface area contributed by atoms with E-state index in [0.717, 1.165) is 62.5 Å². The van der Waals surface area contributed by atoms with Crippen LogP contribution in [0, 0.1) is 6.92 Å². The van der Waals surface area contributed by atoms with Crippen molar-refractivity contribution in [1.29, 1.82) is 0 Å². The van der Waals surface area contributed by atoms with Gasteiger partial charge in [-0.05, 0) is 42.4 Å². The predicted octanol–water partition coefficient (Wildman–Crippen LogP) is 7.04. The van der Waals surface area contributed by atoms with E-state index < -0.39 is 0 Å². The molecule has 0 aliphatic heterocycles. The number of ether oxygens (including phenoxy) is 2. The molecule has 164 valence electrons. The molecule has 0 bridgehead atoms. The van der Waals surface area contributed by atoms with Crippen molar-refractivity contribution in [3.8, 4) is 11.5 Å². The van der Waals surface area contributed by atoms with Gasteiger partial charge >= 0.3 is 11.9 Å². The standard InChI is InChI=1S/C25H40O4/c1-7-9-11-13-15-22(26)28-21-18-20(25(4,5)6)17-19(3)24(21)29-23(27)16-14-12-10-8-2/h17-18H,7-16H2,1-6H3. The Bertz CT molecular complexity index is 656. The number of rotatable bonds is 12. The lowest BCUT2D eigenvalue weighted by molar-refractivity contribution is -0.137. The van der Waals surface area contributed by atoms with Crippen molar-refractivity contribution in [3.05, 3.63) is 23.3 Å². The Labute approximate surface area is 177 Å². The first-order valence-electron chi connectivity index (χ1n) is 11.3. The molecule has 1 aromatic rings. The molecule has 1 aromatic carbocycles. The number of hydrogen-bond acceptors (Lipinski definition) is 4. The van der Waals surface area contributed by atoms with E-state index in [1.54, 1.807) is 0 Å². The lowest BCUT2D eigenvalue weighted by Crippen LogP contribution is -2.16. The van der Waals surface area contributed by atoms with Crippen molar-refractivity contribution in [1.82, 2.24) is 0 Å². The molecule has 0 aliphatic carbocycles. The highest BCUT2D eigenvalue weighted by Crippen LogP contribution is 2.37. The number of aryl methyl sites for hydroxylation is 1. The number of carbonyl (C=O) groups is 2. The van der Waals surface area contributed by atoms with Gasteiger partial charge in [-0.1, -0.05) is 79.2 Å². The van der Waals surface area contributed by atoms with Crippen LogP contribution in [0.25, 0.3) is 0 Å². The van der Waals surface area contributed by atoms with Crippen LogP contribution in [0.15, 0.2) is 12.1 Å². The van der Waals surface area contributed by atoms with E-state index in [1.807, 2.05) is 19.1 Å². The first-order chi connectivity index (χ1) is 13.7. The van der Waals surface area contributed by atoms with Crippen LogP contribution >= 0.6 is 0 Å². The molecule has 0 aliphatic rings. The fourth-order valence-corrected chi connectivity index (χ4v) is 3.11. The molecule has 0 amide bonds. The van der Waals surface area contributed by atoms with Crippen molar-refractivity contribution in [2.24, 2.45) is 0 Å². The highest BCUT2D eigenvalue weighted by Gasteiger charge is 2.22. The highest BCUT2D eigenvalue weighted by molar-refractivity contribution is 5.77. The summed E-state index contributed by atoms with van der Waals surface area (Å²) < 4.78 is 11.3. The van der Waals surface area contributed by atoms with Crippen LogP contribution in [0.3, 0.4) is 0 Å². The fourth-order valence-electron chi connectivity index (χ4n) is 3.11. The minimum Gasteiger partial charge on any atom is -0.422 e. The number of carbonyl (C=O) groups excluding carboxylic acids is 2. The SMILES string of the molecule is CCCCCCC(=O)Oc1cc(C(C)(C)C)cc(C)c1OC(=O)CCCCCC. The smallest absolute Gasteiger partial charge is 0.311 e. The fraction of sp³-hybridized carbons (Fsp3) is 0.680. The van der Waals surface area contributed by atoms with Crippen molar-refractivity contribution < 1.29 is 19.1 Å². The monoisotopic (exact) mass is 404 g/mol. The first kappa shape index (κ1) is 25.2. The summed E-state index contributed by atoms with van der Waals surface area (Å²) in [6.45, 7) is 12.5. The molecule has 4 heteroatoms. The van der Waals surface area contributed by atoms with Gasteiger partial charge in [-0.25, -0.2) is 0 Å². The molecule has 0 spiro atoms. The van der Waals surface area contributed by atoms with E-state index in [1.165, 1.54) is 0 Å². The Morgan fingerprint density at radius 2 is 1.31 bits per heavy atom. The topological polar surface area (TPSA) is 52.6 Å². The maximum Gasteiger partial charge on any atom is 0.311 e. The second-order valence-corrected chi connectivity index (χ2v) is 8.94. The third kappa shape index (κ3) is 9.47. The van der Waals surface area contributed by atoms with Crippen LogP contribution in [-0.2, 0) is 15.0 Å². The largest absolute Gasteiger partial charge is 0.422 e. The zero-order valence-corrected chi connectivity index (χ0v) is 19.4. The summed E-state index contributed by atoms with van der Waals surface area (Å²) >= 11 is 0. The molecule has 0 radical (unpaired) electrons. The van der Waals surface area contributed by atoms with Gasteiger partial charge in [-0.15, -0.1) is 0 Å². The lowest BCUT2D eigenvalue weighted by atomic mass is 9.86. The molecule has 0 fully saturated rings. The summed E-state index contributed by atoms with van der Waals surface area (Å²) in [6.07, 6.45) is 8.92. The molecule has 0 unspecified atom stereocenters. The average Bonchev–Trinajstić information content (AvgIpc) is 2.64.